The smallest absolute Gasteiger partial charge is 0.270 e. The number of ether oxygens (including phenoxy) is 1. The van der Waals surface area contributed by atoms with E-state index in [0.29, 0.717) is 31.3 Å². The maximum absolute atomic E-state index is 13.0. The zero-order valence-corrected chi connectivity index (χ0v) is 16.4. The Hall–Kier alpha value is -2.25. The molecule has 2 unspecified atom stereocenters. The quantitative estimate of drug-likeness (QED) is 0.770. The number of benzene rings is 1. The molecule has 1 amide bonds. The van der Waals surface area contributed by atoms with E-state index in [4.69, 9.17) is 4.74 Å². The highest BCUT2D eigenvalue weighted by atomic mass is 16.5. The van der Waals surface area contributed by atoms with Gasteiger partial charge in [0.25, 0.3) is 5.91 Å². The normalized spacial score (nSPS) is 25.8. The Morgan fingerprint density at radius 3 is 2.54 bits per heavy atom. The molecule has 3 aliphatic rings. The molecular formula is C21H28N4O3. The summed E-state index contributed by atoms with van der Waals surface area (Å²) in [4.78, 5) is 29.4. The first-order chi connectivity index (χ1) is 13.6. The van der Waals surface area contributed by atoms with Gasteiger partial charge in [0, 0.05) is 45.8 Å². The third-order valence-corrected chi connectivity index (χ3v) is 5.79. The third kappa shape index (κ3) is 4.10. The first kappa shape index (κ1) is 19.1. The first-order valence-corrected chi connectivity index (χ1v) is 10.2. The number of nitrogens with zero attached hydrogens (tertiary/aromatic N) is 4. The summed E-state index contributed by atoms with van der Waals surface area (Å²) in [6.45, 7) is 6.50. The summed E-state index contributed by atoms with van der Waals surface area (Å²) in [7, 11) is 0. The Labute approximate surface area is 165 Å². The summed E-state index contributed by atoms with van der Waals surface area (Å²) in [5.74, 6) is -0.0155. The number of Topliss-reactive ketones (excluding diaryl/α,β-unsaturated/α-hetero) is 1. The monoisotopic (exact) mass is 384 g/mol. The number of hydrazone groups is 1. The molecule has 0 radical (unpaired) electrons. The highest BCUT2D eigenvalue weighted by Gasteiger charge is 2.36. The van der Waals surface area contributed by atoms with E-state index in [0.717, 1.165) is 44.8 Å². The molecule has 4 rings (SSSR count). The van der Waals surface area contributed by atoms with Crippen LogP contribution in [0.15, 0.2) is 35.4 Å². The lowest BCUT2D eigenvalue weighted by atomic mass is 10.1. The van der Waals surface area contributed by atoms with Gasteiger partial charge in [-0.3, -0.25) is 19.5 Å². The van der Waals surface area contributed by atoms with Crippen molar-refractivity contribution in [2.24, 2.45) is 5.10 Å². The van der Waals surface area contributed by atoms with Crippen molar-refractivity contribution in [3.8, 4) is 0 Å². The molecule has 3 heterocycles. The standard InChI is InChI=1S/C21H28N4O3/c1-16(26)20-14-19(22-25(20)17-6-3-2-4-7-17)21(27)24-11-9-23(10-12-24)15-18-8-5-13-28-18/h2-4,6-7,18,20H,5,8-15H2,1H3. The first-order valence-electron chi connectivity index (χ1n) is 10.2. The summed E-state index contributed by atoms with van der Waals surface area (Å²) >= 11 is 0. The van der Waals surface area contributed by atoms with Crippen LogP contribution in [0.5, 0.6) is 0 Å². The van der Waals surface area contributed by atoms with Gasteiger partial charge in [-0.1, -0.05) is 18.2 Å². The van der Waals surface area contributed by atoms with Gasteiger partial charge >= 0.3 is 0 Å². The minimum absolute atomic E-state index is 0.0248. The average Bonchev–Trinajstić information content (AvgIpc) is 3.39. The van der Waals surface area contributed by atoms with Gasteiger partial charge in [-0.05, 0) is 31.9 Å². The predicted octanol–water partition coefficient (Wildman–Crippen LogP) is 1.53. The van der Waals surface area contributed by atoms with Crippen LogP contribution in [0.25, 0.3) is 0 Å². The van der Waals surface area contributed by atoms with E-state index in [-0.39, 0.29) is 11.7 Å². The van der Waals surface area contributed by atoms with E-state index >= 15 is 0 Å². The Balaban J connectivity index is 1.38. The third-order valence-electron chi connectivity index (χ3n) is 5.79. The number of piperazine rings is 1. The number of hydrogen-bond acceptors (Lipinski definition) is 6. The summed E-state index contributed by atoms with van der Waals surface area (Å²) in [5.41, 5.74) is 1.32. The molecule has 0 aromatic heterocycles. The van der Waals surface area contributed by atoms with Crippen molar-refractivity contribution in [1.29, 1.82) is 0 Å². The maximum Gasteiger partial charge on any atom is 0.270 e. The van der Waals surface area contributed by atoms with E-state index in [1.807, 2.05) is 35.2 Å². The van der Waals surface area contributed by atoms with Crippen LogP contribution in [0.4, 0.5) is 5.69 Å². The number of amides is 1. The van der Waals surface area contributed by atoms with Crippen molar-refractivity contribution in [2.45, 2.75) is 38.3 Å². The molecular weight excluding hydrogens is 356 g/mol. The van der Waals surface area contributed by atoms with Crippen LogP contribution in [0.2, 0.25) is 0 Å². The van der Waals surface area contributed by atoms with Gasteiger partial charge in [0.15, 0.2) is 5.78 Å². The van der Waals surface area contributed by atoms with Gasteiger partial charge in [-0.15, -0.1) is 0 Å². The summed E-state index contributed by atoms with van der Waals surface area (Å²) in [6, 6.07) is 9.17. The molecule has 0 saturated carbocycles. The van der Waals surface area contributed by atoms with Crippen LogP contribution in [-0.4, -0.2) is 78.7 Å². The van der Waals surface area contributed by atoms with Crippen molar-refractivity contribution >= 4 is 23.1 Å². The second-order valence-electron chi connectivity index (χ2n) is 7.79. The van der Waals surface area contributed by atoms with Crippen molar-refractivity contribution in [1.82, 2.24) is 9.80 Å². The Bertz CT molecular complexity index is 737. The van der Waals surface area contributed by atoms with E-state index in [9.17, 15) is 9.59 Å². The highest BCUT2D eigenvalue weighted by molar-refractivity contribution is 6.40. The number of carbonyl (C=O) groups excluding carboxylic acids is 2. The van der Waals surface area contributed by atoms with Gasteiger partial charge in [0.2, 0.25) is 0 Å². The number of ketones is 1. The Morgan fingerprint density at radius 1 is 1.14 bits per heavy atom. The second-order valence-corrected chi connectivity index (χ2v) is 7.79. The fourth-order valence-electron chi connectivity index (χ4n) is 4.17. The van der Waals surface area contributed by atoms with Gasteiger partial charge in [-0.2, -0.15) is 5.10 Å². The Morgan fingerprint density at radius 2 is 1.89 bits per heavy atom. The van der Waals surface area contributed by atoms with Crippen LogP contribution >= 0.6 is 0 Å². The van der Waals surface area contributed by atoms with E-state index in [1.165, 1.54) is 0 Å². The summed E-state index contributed by atoms with van der Waals surface area (Å²) < 4.78 is 5.72. The lowest BCUT2D eigenvalue weighted by molar-refractivity contribution is -0.126. The largest absolute Gasteiger partial charge is 0.377 e. The van der Waals surface area contributed by atoms with Crippen LogP contribution in [-0.2, 0) is 14.3 Å². The van der Waals surface area contributed by atoms with Crippen LogP contribution < -0.4 is 5.01 Å². The van der Waals surface area contributed by atoms with Gasteiger partial charge < -0.3 is 9.64 Å². The molecule has 2 saturated heterocycles. The molecule has 0 N–H and O–H groups in total. The zero-order valence-electron chi connectivity index (χ0n) is 16.4. The van der Waals surface area contributed by atoms with Gasteiger partial charge in [-0.25, -0.2) is 0 Å². The van der Waals surface area contributed by atoms with Gasteiger partial charge in [0.05, 0.1) is 11.8 Å². The highest BCUT2D eigenvalue weighted by Crippen LogP contribution is 2.26. The molecule has 0 spiro atoms. The Kier molecular flexibility index (Phi) is 5.73. The molecule has 1 aromatic carbocycles. The molecule has 3 aliphatic heterocycles. The van der Waals surface area contributed by atoms with Crippen molar-refractivity contribution in [2.75, 3.05) is 44.3 Å². The molecule has 0 bridgehead atoms. The molecule has 7 nitrogen and oxygen atoms in total. The maximum atomic E-state index is 13.0. The summed E-state index contributed by atoms with van der Waals surface area (Å²) in [5, 5.41) is 6.24. The van der Waals surface area contributed by atoms with E-state index < -0.39 is 6.04 Å². The molecule has 150 valence electrons. The molecule has 2 fully saturated rings. The lowest BCUT2D eigenvalue weighted by Gasteiger charge is -2.35. The summed E-state index contributed by atoms with van der Waals surface area (Å²) in [6.07, 6.45) is 3.01. The number of anilines is 1. The topological polar surface area (TPSA) is 65.5 Å². The molecule has 28 heavy (non-hydrogen) atoms. The molecule has 7 heteroatoms. The zero-order chi connectivity index (χ0) is 19.5. The lowest BCUT2D eigenvalue weighted by Crippen LogP contribution is -2.51. The SMILES string of the molecule is CC(=O)C1CC(C(=O)N2CCN(CC3CCCO3)CC2)=NN1c1ccccc1. The fourth-order valence-corrected chi connectivity index (χ4v) is 4.17. The predicted molar refractivity (Wildman–Crippen MR) is 107 cm³/mol. The number of para-hydroxylation sites is 1. The van der Waals surface area contributed by atoms with Crippen molar-refractivity contribution in [3.63, 3.8) is 0 Å². The van der Waals surface area contributed by atoms with Crippen LogP contribution in [0, 0.1) is 0 Å². The fraction of sp³-hybridized carbons (Fsp3) is 0.571. The number of hydrogen-bond donors (Lipinski definition) is 0. The average molecular weight is 384 g/mol. The molecule has 2 atom stereocenters. The number of rotatable bonds is 5. The second kappa shape index (κ2) is 8.41. The molecule has 1 aromatic rings. The molecule has 0 aliphatic carbocycles. The van der Waals surface area contributed by atoms with Gasteiger partial charge in [0.1, 0.15) is 11.8 Å². The van der Waals surface area contributed by atoms with E-state index in [1.54, 1.807) is 11.9 Å². The van der Waals surface area contributed by atoms with Crippen LogP contribution in [0.3, 0.4) is 0 Å². The number of carbonyl (C=O) groups is 2. The van der Waals surface area contributed by atoms with Crippen LogP contribution in [0.1, 0.15) is 26.2 Å². The minimum Gasteiger partial charge on any atom is -0.377 e. The van der Waals surface area contributed by atoms with Crippen molar-refractivity contribution in [3.05, 3.63) is 30.3 Å². The van der Waals surface area contributed by atoms with Crippen molar-refractivity contribution < 1.29 is 14.3 Å². The minimum atomic E-state index is -0.401. The van der Waals surface area contributed by atoms with E-state index in [2.05, 4.69) is 10.0 Å².